The van der Waals surface area contributed by atoms with Gasteiger partial charge in [0.15, 0.2) is 5.69 Å². The molecule has 7 nitrogen and oxygen atoms in total. The van der Waals surface area contributed by atoms with Gasteiger partial charge in [-0.3, -0.25) is 19.1 Å². The zero-order valence-electron chi connectivity index (χ0n) is 17.3. The molecule has 2 aromatic rings. The first-order valence-corrected chi connectivity index (χ1v) is 9.90. The predicted octanol–water partition coefficient (Wildman–Crippen LogP) is 2.82. The van der Waals surface area contributed by atoms with Crippen molar-refractivity contribution in [1.82, 2.24) is 19.8 Å². The summed E-state index contributed by atoms with van der Waals surface area (Å²) in [6.45, 7) is 8.70. The SMILES string of the molecule is CC.CC.CN1Cn2c(nc(C(=O)NCc3ccccc3)c(O)c2=O)C12CC2. The molecule has 2 heterocycles. The normalized spacial score (nSPS) is 15.6. The van der Waals surface area contributed by atoms with Gasteiger partial charge < -0.3 is 10.4 Å². The van der Waals surface area contributed by atoms with Gasteiger partial charge in [0.1, 0.15) is 5.82 Å². The molecule has 1 fully saturated rings. The van der Waals surface area contributed by atoms with Crippen LogP contribution < -0.4 is 10.9 Å². The van der Waals surface area contributed by atoms with Crippen LogP contribution in [0.5, 0.6) is 5.75 Å². The lowest BCUT2D eigenvalue weighted by atomic mass is 10.2. The molecule has 0 saturated heterocycles. The van der Waals surface area contributed by atoms with Crippen LogP contribution in [0.15, 0.2) is 35.1 Å². The van der Waals surface area contributed by atoms with E-state index in [4.69, 9.17) is 0 Å². The van der Waals surface area contributed by atoms with E-state index in [9.17, 15) is 14.7 Å². The highest BCUT2D eigenvalue weighted by Crippen LogP contribution is 2.52. The van der Waals surface area contributed by atoms with Crippen LogP contribution in [-0.4, -0.2) is 32.5 Å². The third-order valence-corrected chi connectivity index (χ3v) is 4.88. The number of carbonyl (C=O) groups excluding carboxylic acids is 1. The monoisotopic (exact) mass is 386 g/mol. The van der Waals surface area contributed by atoms with E-state index >= 15 is 0 Å². The molecule has 1 amide bonds. The average molecular weight is 386 g/mol. The van der Waals surface area contributed by atoms with E-state index in [1.165, 1.54) is 4.57 Å². The number of fused-ring (bicyclic) bond motifs is 2. The van der Waals surface area contributed by atoms with Crippen LogP contribution >= 0.6 is 0 Å². The van der Waals surface area contributed by atoms with E-state index in [1.54, 1.807) is 0 Å². The van der Waals surface area contributed by atoms with Crippen LogP contribution in [0, 0.1) is 0 Å². The van der Waals surface area contributed by atoms with Gasteiger partial charge in [-0.05, 0) is 25.5 Å². The van der Waals surface area contributed by atoms with Gasteiger partial charge in [0.2, 0.25) is 5.75 Å². The molecule has 28 heavy (non-hydrogen) atoms. The topological polar surface area (TPSA) is 87.5 Å². The maximum atomic E-state index is 12.4. The smallest absolute Gasteiger partial charge is 0.297 e. The van der Waals surface area contributed by atoms with Gasteiger partial charge in [0.05, 0.1) is 12.2 Å². The Labute approximate surface area is 166 Å². The van der Waals surface area contributed by atoms with Crippen molar-refractivity contribution in [2.75, 3.05) is 7.05 Å². The van der Waals surface area contributed by atoms with Crippen molar-refractivity contribution in [3.05, 3.63) is 57.8 Å². The molecule has 1 saturated carbocycles. The number of amides is 1. The quantitative estimate of drug-likeness (QED) is 0.847. The minimum atomic E-state index is -0.588. The number of aromatic nitrogens is 2. The lowest BCUT2D eigenvalue weighted by Crippen LogP contribution is -2.30. The lowest BCUT2D eigenvalue weighted by molar-refractivity contribution is 0.0941. The van der Waals surface area contributed by atoms with Gasteiger partial charge >= 0.3 is 0 Å². The summed E-state index contributed by atoms with van der Waals surface area (Å²) < 4.78 is 1.45. The number of benzene rings is 1. The summed E-state index contributed by atoms with van der Waals surface area (Å²) in [6.07, 6.45) is 1.82. The van der Waals surface area contributed by atoms with Crippen molar-refractivity contribution in [2.45, 2.75) is 59.3 Å². The first-order chi connectivity index (χ1) is 13.5. The van der Waals surface area contributed by atoms with Crippen molar-refractivity contribution < 1.29 is 9.90 Å². The fraction of sp³-hybridized carbons (Fsp3) is 0.476. The molecule has 0 radical (unpaired) electrons. The van der Waals surface area contributed by atoms with Crippen molar-refractivity contribution >= 4 is 5.91 Å². The highest BCUT2D eigenvalue weighted by atomic mass is 16.3. The summed E-state index contributed by atoms with van der Waals surface area (Å²) in [7, 11) is 1.92. The second-order valence-corrected chi connectivity index (χ2v) is 6.41. The van der Waals surface area contributed by atoms with Crippen molar-refractivity contribution in [3.63, 3.8) is 0 Å². The molecule has 0 atom stereocenters. The van der Waals surface area contributed by atoms with Crippen LogP contribution in [-0.2, 0) is 18.8 Å². The molecular weight excluding hydrogens is 356 g/mol. The molecule has 0 bridgehead atoms. The highest BCUT2D eigenvalue weighted by Gasteiger charge is 2.55. The van der Waals surface area contributed by atoms with Crippen LogP contribution in [0.2, 0.25) is 0 Å². The standard InChI is InChI=1S/C17H18N4O3.2C2H6/c1-20-10-21-15(24)13(22)12(19-16(21)17(20)7-8-17)14(23)18-9-11-5-3-2-4-6-11;2*1-2/h2-6,22H,7-10H2,1H3,(H,18,23);2*1-2H3. The third kappa shape index (κ3) is 3.80. The summed E-state index contributed by atoms with van der Waals surface area (Å²) in [4.78, 5) is 31.2. The molecular formula is C21H30N4O3. The number of nitrogens with one attached hydrogen (secondary N) is 1. The summed E-state index contributed by atoms with van der Waals surface area (Å²) >= 11 is 0. The Hall–Kier alpha value is -2.67. The Balaban J connectivity index is 0.000000660. The molecule has 1 aliphatic carbocycles. The van der Waals surface area contributed by atoms with Crippen molar-refractivity contribution in [2.24, 2.45) is 0 Å². The van der Waals surface area contributed by atoms with Gasteiger partial charge in [-0.1, -0.05) is 58.0 Å². The van der Waals surface area contributed by atoms with E-state index in [0.717, 1.165) is 18.4 Å². The third-order valence-electron chi connectivity index (χ3n) is 4.88. The molecule has 1 spiro atoms. The molecule has 1 aromatic carbocycles. The summed E-state index contributed by atoms with van der Waals surface area (Å²) in [5, 5.41) is 12.8. The number of carbonyl (C=O) groups is 1. The molecule has 152 valence electrons. The van der Waals surface area contributed by atoms with Gasteiger partial charge in [-0.2, -0.15) is 0 Å². The van der Waals surface area contributed by atoms with Gasteiger partial charge in [-0.25, -0.2) is 4.98 Å². The molecule has 1 aromatic heterocycles. The average Bonchev–Trinajstić information content (AvgIpc) is 3.50. The van der Waals surface area contributed by atoms with E-state index in [0.29, 0.717) is 19.0 Å². The molecule has 2 N–H and O–H groups in total. The number of hydrogen-bond donors (Lipinski definition) is 2. The molecule has 4 rings (SSSR count). The summed E-state index contributed by atoms with van der Waals surface area (Å²) in [6, 6.07) is 9.43. The molecule has 7 heteroatoms. The van der Waals surface area contributed by atoms with Crippen LogP contribution in [0.25, 0.3) is 0 Å². The fourth-order valence-corrected chi connectivity index (χ4v) is 3.29. The Morgan fingerprint density at radius 2 is 1.79 bits per heavy atom. The maximum absolute atomic E-state index is 12.4. The van der Waals surface area contributed by atoms with Gasteiger partial charge in [-0.15, -0.1) is 0 Å². The number of rotatable bonds is 3. The number of nitrogens with zero attached hydrogens (tertiary/aromatic N) is 3. The van der Waals surface area contributed by atoms with Crippen LogP contribution in [0.4, 0.5) is 0 Å². The minimum Gasteiger partial charge on any atom is -0.501 e. The molecule has 2 aliphatic rings. The van der Waals surface area contributed by atoms with E-state index in [1.807, 2.05) is 70.0 Å². The van der Waals surface area contributed by atoms with E-state index in [-0.39, 0.29) is 11.2 Å². The molecule has 1 aliphatic heterocycles. The maximum Gasteiger partial charge on any atom is 0.297 e. The van der Waals surface area contributed by atoms with Gasteiger partial charge in [0.25, 0.3) is 11.5 Å². The summed E-state index contributed by atoms with van der Waals surface area (Å²) in [5.41, 5.74) is -0.0627. The Kier molecular flexibility index (Phi) is 6.96. The molecule has 0 unspecified atom stereocenters. The Morgan fingerprint density at radius 1 is 1.18 bits per heavy atom. The predicted molar refractivity (Wildman–Crippen MR) is 109 cm³/mol. The van der Waals surface area contributed by atoms with E-state index in [2.05, 4.69) is 10.3 Å². The zero-order chi connectivity index (χ0) is 20.9. The van der Waals surface area contributed by atoms with Gasteiger partial charge in [0, 0.05) is 6.54 Å². The Bertz CT molecular complexity index is 873. The van der Waals surface area contributed by atoms with Crippen molar-refractivity contribution in [3.8, 4) is 5.75 Å². The van der Waals surface area contributed by atoms with Crippen LogP contribution in [0.3, 0.4) is 0 Å². The lowest BCUT2D eigenvalue weighted by Gasteiger charge is -2.15. The van der Waals surface area contributed by atoms with Crippen molar-refractivity contribution in [1.29, 1.82) is 0 Å². The summed E-state index contributed by atoms with van der Waals surface area (Å²) in [5.74, 6) is -0.546. The zero-order valence-corrected chi connectivity index (χ0v) is 17.3. The second kappa shape index (κ2) is 9.01. The largest absolute Gasteiger partial charge is 0.501 e. The fourth-order valence-electron chi connectivity index (χ4n) is 3.29. The Morgan fingerprint density at radius 3 is 2.36 bits per heavy atom. The number of hydrogen-bond acceptors (Lipinski definition) is 5. The van der Waals surface area contributed by atoms with E-state index < -0.39 is 17.2 Å². The van der Waals surface area contributed by atoms with Crippen LogP contribution in [0.1, 0.15) is 62.4 Å². The number of aromatic hydroxyl groups is 1. The minimum absolute atomic E-state index is 0.191. The highest BCUT2D eigenvalue weighted by molar-refractivity contribution is 5.94. The first kappa shape index (κ1) is 21.6. The second-order valence-electron chi connectivity index (χ2n) is 6.41. The first-order valence-electron chi connectivity index (χ1n) is 9.90.